The predicted molar refractivity (Wildman–Crippen MR) is 47.1 cm³/mol. The average molecular weight is 182 g/mol. The molecule has 0 amide bonds. The van der Waals surface area contributed by atoms with Crippen molar-refractivity contribution in [1.29, 1.82) is 0 Å². The van der Waals surface area contributed by atoms with E-state index in [1.54, 1.807) is 19.1 Å². The van der Waals surface area contributed by atoms with Crippen molar-refractivity contribution in [2.75, 3.05) is 0 Å². The minimum atomic E-state index is -0.864. The van der Waals surface area contributed by atoms with Crippen molar-refractivity contribution in [3.63, 3.8) is 0 Å². The SMILES string of the molecule is C[C@@H](CC(=O)O)c1cccc(F)c1. The van der Waals surface area contributed by atoms with Crippen LogP contribution in [-0.4, -0.2) is 11.1 Å². The number of hydrogen-bond acceptors (Lipinski definition) is 1. The molecule has 0 radical (unpaired) electrons. The normalized spacial score (nSPS) is 12.5. The molecule has 0 spiro atoms. The van der Waals surface area contributed by atoms with Crippen LogP contribution >= 0.6 is 0 Å². The highest BCUT2D eigenvalue weighted by molar-refractivity contribution is 5.67. The fourth-order valence-corrected chi connectivity index (χ4v) is 1.19. The first-order chi connectivity index (χ1) is 6.09. The zero-order chi connectivity index (χ0) is 9.84. The highest BCUT2D eigenvalue weighted by Crippen LogP contribution is 2.19. The second-order valence-corrected chi connectivity index (χ2v) is 3.05. The van der Waals surface area contributed by atoms with E-state index in [1.807, 2.05) is 0 Å². The van der Waals surface area contributed by atoms with Gasteiger partial charge in [0.1, 0.15) is 5.82 Å². The summed E-state index contributed by atoms with van der Waals surface area (Å²) in [4.78, 5) is 10.4. The summed E-state index contributed by atoms with van der Waals surface area (Å²) in [6, 6.07) is 6.03. The van der Waals surface area contributed by atoms with Gasteiger partial charge in [0, 0.05) is 0 Å². The zero-order valence-corrected chi connectivity index (χ0v) is 7.33. The van der Waals surface area contributed by atoms with Gasteiger partial charge in [0.15, 0.2) is 0 Å². The molecule has 0 bridgehead atoms. The molecule has 0 saturated heterocycles. The lowest BCUT2D eigenvalue weighted by atomic mass is 9.98. The molecule has 70 valence electrons. The van der Waals surface area contributed by atoms with Crippen LogP contribution in [0.2, 0.25) is 0 Å². The van der Waals surface area contributed by atoms with Crippen molar-refractivity contribution in [3.8, 4) is 0 Å². The number of rotatable bonds is 3. The van der Waals surface area contributed by atoms with Gasteiger partial charge in [-0.1, -0.05) is 19.1 Å². The molecule has 1 aromatic rings. The molecule has 0 aliphatic heterocycles. The second-order valence-electron chi connectivity index (χ2n) is 3.05. The standard InChI is InChI=1S/C10H11FO2/c1-7(5-10(12)13)8-3-2-4-9(11)6-8/h2-4,6-7H,5H2,1H3,(H,12,13)/t7-/m0/s1. The van der Waals surface area contributed by atoms with Gasteiger partial charge in [-0.15, -0.1) is 0 Å². The molecule has 1 atom stereocenters. The van der Waals surface area contributed by atoms with Gasteiger partial charge in [-0.3, -0.25) is 4.79 Å². The van der Waals surface area contributed by atoms with Crippen LogP contribution < -0.4 is 0 Å². The highest BCUT2D eigenvalue weighted by Gasteiger charge is 2.09. The number of carboxylic acid groups (broad SMARTS) is 1. The van der Waals surface area contributed by atoms with Gasteiger partial charge < -0.3 is 5.11 Å². The van der Waals surface area contributed by atoms with Crippen molar-refractivity contribution in [3.05, 3.63) is 35.6 Å². The van der Waals surface area contributed by atoms with E-state index in [4.69, 9.17) is 5.11 Å². The van der Waals surface area contributed by atoms with E-state index in [9.17, 15) is 9.18 Å². The number of carbonyl (C=O) groups is 1. The predicted octanol–water partition coefficient (Wildman–Crippen LogP) is 2.40. The Bertz CT molecular complexity index is 310. The minimum absolute atomic E-state index is 0.0312. The number of carboxylic acids is 1. The van der Waals surface area contributed by atoms with E-state index in [0.717, 1.165) is 5.56 Å². The first-order valence-electron chi connectivity index (χ1n) is 4.07. The third kappa shape index (κ3) is 2.86. The fourth-order valence-electron chi connectivity index (χ4n) is 1.19. The minimum Gasteiger partial charge on any atom is -0.481 e. The van der Waals surface area contributed by atoms with E-state index in [-0.39, 0.29) is 18.2 Å². The molecule has 0 aromatic heterocycles. The van der Waals surface area contributed by atoms with Gasteiger partial charge >= 0.3 is 5.97 Å². The summed E-state index contributed by atoms with van der Waals surface area (Å²) in [5.74, 6) is -1.33. The van der Waals surface area contributed by atoms with Gasteiger partial charge in [-0.05, 0) is 23.6 Å². The van der Waals surface area contributed by atoms with Gasteiger partial charge in [-0.2, -0.15) is 0 Å². The van der Waals surface area contributed by atoms with Gasteiger partial charge in [0.2, 0.25) is 0 Å². The lowest BCUT2D eigenvalue weighted by Gasteiger charge is -2.08. The Morgan fingerprint density at radius 1 is 1.62 bits per heavy atom. The lowest BCUT2D eigenvalue weighted by Crippen LogP contribution is -2.02. The number of benzene rings is 1. The zero-order valence-electron chi connectivity index (χ0n) is 7.33. The fraction of sp³-hybridized carbons (Fsp3) is 0.300. The van der Waals surface area contributed by atoms with Crippen molar-refractivity contribution in [2.45, 2.75) is 19.3 Å². The molecule has 0 aliphatic rings. The Morgan fingerprint density at radius 2 is 2.31 bits per heavy atom. The van der Waals surface area contributed by atoms with Crippen LogP contribution in [0.1, 0.15) is 24.8 Å². The van der Waals surface area contributed by atoms with E-state index in [1.165, 1.54) is 12.1 Å². The molecular weight excluding hydrogens is 171 g/mol. The summed E-state index contributed by atoms with van der Waals surface area (Å²) in [6.45, 7) is 1.77. The molecule has 2 nitrogen and oxygen atoms in total. The molecule has 1 aromatic carbocycles. The Hall–Kier alpha value is -1.38. The molecule has 0 saturated carbocycles. The van der Waals surface area contributed by atoms with E-state index >= 15 is 0 Å². The number of hydrogen-bond donors (Lipinski definition) is 1. The van der Waals surface area contributed by atoms with Crippen LogP contribution in [0.15, 0.2) is 24.3 Å². The molecule has 0 heterocycles. The van der Waals surface area contributed by atoms with Crippen LogP contribution in [0, 0.1) is 5.82 Å². The molecular formula is C10H11FO2. The Balaban J connectivity index is 2.76. The molecule has 0 fully saturated rings. The molecule has 13 heavy (non-hydrogen) atoms. The third-order valence-corrected chi connectivity index (χ3v) is 1.90. The maximum absolute atomic E-state index is 12.7. The third-order valence-electron chi connectivity index (χ3n) is 1.90. The smallest absolute Gasteiger partial charge is 0.303 e. The summed E-state index contributed by atoms with van der Waals surface area (Å²) in [5.41, 5.74) is 0.724. The van der Waals surface area contributed by atoms with Crippen LogP contribution in [0.3, 0.4) is 0 Å². The van der Waals surface area contributed by atoms with Gasteiger partial charge in [0.25, 0.3) is 0 Å². The van der Waals surface area contributed by atoms with Crippen LogP contribution in [0.25, 0.3) is 0 Å². The van der Waals surface area contributed by atoms with Crippen molar-refractivity contribution in [1.82, 2.24) is 0 Å². The van der Waals surface area contributed by atoms with Crippen LogP contribution in [-0.2, 0) is 4.79 Å². The van der Waals surface area contributed by atoms with Crippen molar-refractivity contribution >= 4 is 5.97 Å². The number of aliphatic carboxylic acids is 1. The quantitative estimate of drug-likeness (QED) is 0.779. The maximum Gasteiger partial charge on any atom is 0.303 e. The summed E-state index contributed by atoms with van der Waals surface area (Å²) < 4.78 is 12.7. The molecule has 0 unspecified atom stereocenters. The largest absolute Gasteiger partial charge is 0.481 e. The molecule has 0 aliphatic carbocycles. The topological polar surface area (TPSA) is 37.3 Å². The van der Waals surface area contributed by atoms with Crippen molar-refractivity contribution in [2.24, 2.45) is 0 Å². The first kappa shape index (κ1) is 9.71. The average Bonchev–Trinajstić information content (AvgIpc) is 2.03. The van der Waals surface area contributed by atoms with E-state index < -0.39 is 5.97 Å². The Labute approximate surface area is 76.0 Å². The van der Waals surface area contributed by atoms with Crippen LogP contribution in [0.5, 0.6) is 0 Å². The second kappa shape index (κ2) is 4.03. The molecule has 1 rings (SSSR count). The lowest BCUT2D eigenvalue weighted by molar-refractivity contribution is -0.137. The molecule has 3 heteroatoms. The van der Waals surface area contributed by atoms with Crippen molar-refractivity contribution < 1.29 is 14.3 Å². The number of halogens is 1. The van der Waals surface area contributed by atoms with Gasteiger partial charge in [0.05, 0.1) is 6.42 Å². The summed E-state index contributed by atoms with van der Waals surface area (Å²) in [5, 5.41) is 8.52. The maximum atomic E-state index is 12.7. The first-order valence-corrected chi connectivity index (χ1v) is 4.07. The summed E-state index contributed by atoms with van der Waals surface area (Å²) >= 11 is 0. The summed E-state index contributed by atoms with van der Waals surface area (Å²) in [6.07, 6.45) is 0.0312. The Kier molecular flexibility index (Phi) is 3.01. The Morgan fingerprint density at radius 3 is 2.85 bits per heavy atom. The summed E-state index contributed by atoms with van der Waals surface area (Å²) in [7, 11) is 0. The monoisotopic (exact) mass is 182 g/mol. The highest BCUT2D eigenvalue weighted by atomic mass is 19.1. The van der Waals surface area contributed by atoms with Gasteiger partial charge in [-0.25, -0.2) is 4.39 Å². The molecule has 1 N–H and O–H groups in total. The van der Waals surface area contributed by atoms with E-state index in [0.29, 0.717) is 0 Å². The van der Waals surface area contributed by atoms with Crippen LogP contribution in [0.4, 0.5) is 4.39 Å². The van der Waals surface area contributed by atoms with E-state index in [2.05, 4.69) is 0 Å².